The molecular weight excluding hydrogens is 300 g/mol. The first kappa shape index (κ1) is 22.9. The Morgan fingerprint density at radius 2 is 0.824 bits per heavy atom. The standard InChI is InChI=1S/2C8H17.Ag/c2*1-3-5-7-8-6-4-2;/h2*1,3-8H2,2H3;/q2*-1;. The van der Waals surface area contributed by atoms with Crippen molar-refractivity contribution in [3.63, 3.8) is 0 Å². The summed E-state index contributed by atoms with van der Waals surface area (Å²) in [5.41, 5.74) is 0. The van der Waals surface area contributed by atoms with Gasteiger partial charge in [-0.2, -0.15) is 12.8 Å². The van der Waals surface area contributed by atoms with Crippen molar-refractivity contribution in [3.8, 4) is 0 Å². The van der Waals surface area contributed by atoms with E-state index in [4.69, 9.17) is 0 Å². The molecule has 0 aromatic heterocycles. The van der Waals surface area contributed by atoms with E-state index in [1.807, 2.05) is 0 Å². The summed E-state index contributed by atoms with van der Waals surface area (Å²) in [5, 5.41) is 0. The van der Waals surface area contributed by atoms with Crippen molar-refractivity contribution < 1.29 is 22.4 Å². The molecule has 0 saturated heterocycles. The van der Waals surface area contributed by atoms with Gasteiger partial charge in [0.25, 0.3) is 0 Å². The van der Waals surface area contributed by atoms with Crippen LogP contribution in [0.5, 0.6) is 0 Å². The van der Waals surface area contributed by atoms with Crippen molar-refractivity contribution >= 4 is 0 Å². The third-order valence-electron chi connectivity index (χ3n) is 2.71. The Labute approximate surface area is 127 Å². The third kappa shape index (κ3) is 31.5. The molecule has 0 N–H and O–H groups in total. The second-order valence-electron chi connectivity index (χ2n) is 4.54. The van der Waals surface area contributed by atoms with Gasteiger partial charge in [-0.3, -0.25) is 0 Å². The summed E-state index contributed by atoms with van der Waals surface area (Å²) in [5.74, 6) is 0. The van der Waals surface area contributed by atoms with Crippen LogP contribution in [-0.4, -0.2) is 0 Å². The summed E-state index contributed by atoms with van der Waals surface area (Å²) in [6, 6.07) is 0. The Hall–Kier alpha value is 0.740. The van der Waals surface area contributed by atoms with Crippen molar-refractivity contribution in [1.82, 2.24) is 0 Å². The molecule has 1 radical (unpaired) electrons. The van der Waals surface area contributed by atoms with Crippen molar-refractivity contribution in [2.75, 3.05) is 0 Å². The molecule has 0 aliphatic carbocycles. The van der Waals surface area contributed by atoms with Gasteiger partial charge in [-0.05, 0) is 0 Å². The zero-order valence-electron chi connectivity index (χ0n) is 12.2. The number of rotatable bonds is 10. The van der Waals surface area contributed by atoms with Gasteiger partial charge in [0.05, 0.1) is 0 Å². The van der Waals surface area contributed by atoms with E-state index in [2.05, 4.69) is 27.7 Å². The van der Waals surface area contributed by atoms with E-state index in [0.717, 1.165) is 12.8 Å². The maximum absolute atomic E-state index is 3.78. The molecule has 0 spiro atoms. The molecule has 0 fully saturated rings. The minimum atomic E-state index is 0. The average molecular weight is 334 g/mol. The van der Waals surface area contributed by atoms with E-state index < -0.39 is 0 Å². The molecule has 0 aliphatic heterocycles. The van der Waals surface area contributed by atoms with Gasteiger partial charge in [0.1, 0.15) is 0 Å². The fourth-order valence-corrected chi connectivity index (χ4v) is 1.56. The molecule has 0 aliphatic rings. The first-order chi connectivity index (χ1) is 7.83. The molecule has 0 aromatic carbocycles. The van der Waals surface area contributed by atoms with Crippen LogP contribution in [0.25, 0.3) is 0 Å². The summed E-state index contributed by atoms with van der Waals surface area (Å²) in [7, 11) is 0. The number of unbranched alkanes of at least 4 members (excludes halogenated alkanes) is 10. The second kappa shape index (κ2) is 25.6. The summed E-state index contributed by atoms with van der Waals surface area (Å²) < 4.78 is 0. The van der Waals surface area contributed by atoms with Crippen molar-refractivity contribution in [1.29, 1.82) is 0 Å². The topological polar surface area (TPSA) is 0 Å². The molecule has 0 bridgehead atoms. The summed E-state index contributed by atoms with van der Waals surface area (Å²) in [4.78, 5) is 0. The smallest absolute Gasteiger partial charge is 0 e. The van der Waals surface area contributed by atoms with Crippen molar-refractivity contribution in [2.24, 2.45) is 0 Å². The van der Waals surface area contributed by atoms with Crippen molar-refractivity contribution in [2.45, 2.75) is 90.9 Å². The van der Waals surface area contributed by atoms with Crippen LogP contribution in [0, 0.1) is 13.8 Å². The molecule has 1 heteroatoms. The zero-order valence-corrected chi connectivity index (χ0v) is 13.7. The van der Waals surface area contributed by atoms with Crippen LogP contribution in [0.4, 0.5) is 0 Å². The SMILES string of the molecule is [Ag].[CH2-]CCCCCCC.[CH2-]CCCCCCC. The third-order valence-corrected chi connectivity index (χ3v) is 2.71. The maximum atomic E-state index is 3.78. The van der Waals surface area contributed by atoms with Gasteiger partial charge in [0, 0.05) is 22.4 Å². The van der Waals surface area contributed by atoms with Crippen LogP contribution in [0.15, 0.2) is 0 Å². The molecule has 111 valence electrons. The second-order valence-corrected chi connectivity index (χ2v) is 4.54. The quantitative estimate of drug-likeness (QED) is 0.248. The van der Waals surface area contributed by atoms with Gasteiger partial charge in [-0.1, -0.05) is 78.1 Å². The van der Waals surface area contributed by atoms with E-state index >= 15 is 0 Å². The van der Waals surface area contributed by atoms with Gasteiger partial charge < -0.3 is 13.8 Å². The van der Waals surface area contributed by atoms with E-state index in [9.17, 15) is 0 Å². The van der Waals surface area contributed by atoms with E-state index in [0.29, 0.717) is 0 Å². The summed E-state index contributed by atoms with van der Waals surface area (Å²) in [6.07, 6.45) is 16.0. The van der Waals surface area contributed by atoms with Gasteiger partial charge in [-0.25, -0.2) is 0 Å². The molecule has 0 unspecified atom stereocenters. The summed E-state index contributed by atoms with van der Waals surface area (Å²) >= 11 is 0. The van der Waals surface area contributed by atoms with E-state index in [1.165, 1.54) is 64.2 Å². The maximum Gasteiger partial charge on any atom is 0 e. The fourth-order valence-electron chi connectivity index (χ4n) is 1.56. The van der Waals surface area contributed by atoms with Crippen LogP contribution in [0.1, 0.15) is 90.9 Å². The first-order valence-electron chi connectivity index (χ1n) is 7.41. The Morgan fingerprint density at radius 3 is 1.06 bits per heavy atom. The molecule has 0 atom stereocenters. The van der Waals surface area contributed by atoms with Crippen LogP contribution in [-0.2, 0) is 22.4 Å². The Kier molecular flexibility index (Phi) is 34.4. The molecule has 0 saturated carbocycles. The van der Waals surface area contributed by atoms with E-state index in [-0.39, 0.29) is 22.4 Å². The Bertz CT molecular complexity index is 67.5. The fraction of sp³-hybridized carbons (Fsp3) is 0.875. The molecule has 0 heterocycles. The molecule has 0 amide bonds. The van der Waals surface area contributed by atoms with Crippen LogP contribution in [0.2, 0.25) is 0 Å². The molecule has 0 aromatic rings. The average Bonchev–Trinajstić information content (AvgIpc) is 2.31. The normalized spacial score (nSPS) is 9.18. The van der Waals surface area contributed by atoms with Gasteiger partial charge >= 0.3 is 0 Å². The molecule has 17 heavy (non-hydrogen) atoms. The van der Waals surface area contributed by atoms with Crippen molar-refractivity contribution in [3.05, 3.63) is 13.8 Å². The largest absolute Gasteiger partial charge is 0.343 e. The van der Waals surface area contributed by atoms with Gasteiger partial charge in [0.15, 0.2) is 0 Å². The molecule has 0 nitrogen and oxygen atoms in total. The molecule has 0 rings (SSSR count). The number of hydrogen-bond donors (Lipinski definition) is 0. The Morgan fingerprint density at radius 1 is 0.529 bits per heavy atom. The first-order valence-corrected chi connectivity index (χ1v) is 7.41. The van der Waals surface area contributed by atoms with Crippen LogP contribution >= 0.6 is 0 Å². The van der Waals surface area contributed by atoms with Crippen LogP contribution < -0.4 is 0 Å². The van der Waals surface area contributed by atoms with E-state index in [1.54, 1.807) is 0 Å². The van der Waals surface area contributed by atoms with Gasteiger partial charge in [0.2, 0.25) is 0 Å². The predicted octanol–water partition coefficient (Wildman–Crippen LogP) is 6.36. The number of hydrogen-bond acceptors (Lipinski definition) is 0. The monoisotopic (exact) mass is 333 g/mol. The van der Waals surface area contributed by atoms with Gasteiger partial charge in [-0.15, -0.1) is 0 Å². The Balaban J connectivity index is -0.000000218. The minimum Gasteiger partial charge on any atom is -0.343 e. The predicted molar refractivity (Wildman–Crippen MR) is 77.5 cm³/mol. The summed E-state index contributed by atoms with van der Waals surface area (Å²) in [6.45, 7) is 12.0. The van der Waals surface area contributed by atoms with Crippen LogP contribution in [0.3, 0.4) is 0 Å². The zero-order chi connectivity index (χ0) is 12.5. The molecular formula is C16H34Ag-2. The minimum absolute atomic E-state index is 0.